The van der Waals surface area contributed by atoms with Gasteiger partial charge >= 0.3 is 5.97 Å². The van der Waals surface area contributed by atoms with Crippen molar-refractivity contribution in [3.63, 3.8) is 0 Å². The number of aromatic nitrogens is 1. The Balaban J connectivity index is 1.26. The van der Waals surface area contributed by atoms with Crippen molar-refractivity contribution in [1.82, 2.24) is 9.88 Å². The Hall–Kier alpha value is -4.63. The maximum Gasteiger partial charge on any atom is 0.323 e. The molecule has 0 radical (unpaired) electrons. The second-order valence-electron chi connectivity index (χ2n) is 11.0. The molecule has 1 aliphatic rings. The Morgan fingerprint density at radius 3 is 2.36 bits per heavy atom. The van der Waals surface area contributed by atoms with E-state index in [1.54, 1.807) is 55.8 Å². The smallest absolute Gasteiger partial charge is 0.323 e. The molecule has 3 aromatic carbocycles. The van der Waals surface area contributed by atoms with Gasteiger partial charge in [-0.2, -0.15) is 0 Å². The first-order valence-corrected chi connectivity index (χ1v) is 15.7. The van der Waals surface area contributed by atoms with E-state index in [1.807, 2.05) is 30.3 Å². The minimum atomic E-state index is -0.372. The van der Waals surface area contributed by atoms with Gasteiger partial charge in [0.1, 0.15) is 23.6 Å². The van der Waals surface area contributed by atoms with Crippen molar-refractivity contribution in [2.24, 2.45) is 0 Å². The first kappa shape index (κ1) is 31.8. The number of ether oxygens (including phenoxy) is 4. The number of rotatable bonds is 14. The Morgan fingerprint density at radius 1 is 0.933 bits per heavy atom. The molecule has 1 atom stereocenters. The van der Waals surface area contributed by atoms with Crippen molar-refractivity contribution in [2.75, 3.05) is 32.1 Å². The molecule has 236 valence electrons. The molecule has 1 aliphatic carbocycles. The number of methoxy groups -OCH3 is 1. The molecule has 0 saturated heterocycles. The van der Waals surface area contributed by atoms with Crippen LogP contribution in [0.25, 0.3) is 10.9 Å². The van der Waals surface area contributed by atoms with Crippen LogP contribution in [0.1, 0.15) is 56.3 Å². The number of carbonyl (C=O) groups is 2. The van der Waals surface area contributed by atoms with Crippen LogP contribution in [0.2, 0.25) is 0 Å². The number of nitrogens with one attached hydrogen (secondary N) is 1. The highest BCUT2D eigenvalue weighted by atomic mass is 16.5. The van der Waals surface area contributed by atoms with Gasteiger partial charge in [-0.25, -0.2) is 0 Å². The lowest BCUT2D eigenvalue weighted by Gasteiger charge is -2.29. The molecule has 0 aliphatic heterocycles. The van der Waals surface area contributed by atoms with Crippen LogP contribution in [0, 0.1) is 0 Å². The Labute approximate surface area is 264 Å². The highest BCUT2D eigenvalue weighted by molar-refractivity contribution is 6.04. The second-order valence-corrected chi connectivity index (χ2v) is 11.0. The lowest BCUT2D eigenvalue weighted by atomic mass is 10.1. The zero-order valence-electron chi connectivity index (χ0n) is 26.2. The van der Waals surface area contributed by atoms with Crippen molar-refractivity contribution in [1.29, 1.82) is 0 Å². The Kier molecular flexibility index (Phi) is 10.9. The summed E-state index contributed by atoms with van der Waals surface area (Å²) in [5.74, 6) is 1.92. The van der Waals surface area contributed by atoms with Crippen LogP contribution >= 0.6 is 0 Å². The van der Waals surface area contributed by atoms with Crippen LogP contribution in [0.4, 0.5) is 5.69 Å². The van der Waals surface area contributed by atoms with Gasteiger partial charge in [0.25, 0.3) is 5.91 Å². The minimum Gasteiger partial charge on any atom is -0.493 e. The summed E-state index contributed by atoms with van der Waals surface area (Å²) < 4.78 is 23.9. The third kappa shape index (κ3) is 8.10. The van der Waals surface area contributed by atoms with Gasteiger partial charge in [-0.15, -0.1) is 0 Å². The van der Waals surface area contributed by atoms with Crippen LogP contribution in [-0.4, -0.2) is 60.7 Å². The summed E-state index contributed by atoms with van der Waals surface area (Å²) >= 11 is 0. The SMILES string of the molecule is CCN(CC)C(CCOc1cc2nccc(Oc3ccc(NC(=O)c4ccccc4)cc3)c2cc1OC)C(=O)OC1CCCC1. The van der Waals surface area contributed by atoms with E-state index in [4.69, 9.17) is 18.9 Å². The zero-order chi connectivity index (χ0) is 31.6. The number of nitrogens with zero attached hydrogens (tertiary/aromatic N) is 2. The normalized spacial score (nSPS) is 13.9. The Bertz CT molecular complexity index is 1570. The molecule has 1 unspecified atom stereocenters. The summed E-state index contributed by atoms with van der Waals surface area (Å²) in [6.07, 6.45) is 6.31. The summed E-state index contributed by atoms with van der Waals surface area (Å²) in [5, 5.41) is 3.65. The van der Waals surface area contributed by atoms with E-state index in [-0.39, 0.29) is 24.0 Å². The highest BCUT2D eigenvalue weighted by Gasteiger charge is 2.29. The van der Waals surface area contributed by atoms with Crippen molar-refractivity contribution in [2.45, 2.75) is 58.1 Å². The van der Waals surface area contributed by atoms with E-state index in [0.29, 0.717) is 52.8 Å². The lowest BCUT2D eigenvalue weighted by molar-refractivity contribution is -0.155. The monoisotopic (exact) mass is 611 g/mol. The number of carbonyl (C=O) groups excluding carboxylic acids is 2. The number of benzene rings is 3. The average Bonchev–Trinajstić information content (AvgIpc) is 3.58. The Morgan fingerprint density at radius 2 is 1.67 bits per heavy atom. The molecule has 1 aromatic heterocycles. The fraction of sp³-hybridized carbons (Fsp3) is 0.361. The van der Waals surface area contributed by atoms with Gasteiger partial charge in [0, 0.05) is 35.3 Å². The molecule has 4 aromatic rings. The maximum absolute atomic E-state index is 13.1. The van der Waals surface area contributed by atoms with Crippen molar-refractivity contribution in [3.8, 4) is 23.0 Å². The number of esters is 1. The van der Waals surface area contributed by atoms with Gasteiger partial charge in [0.05, 0.1) is 19.2 Å². The summed E-state index contributed by atoms with van der Waals surface area (Å²) in [5.41, 5.74) is 1.93. The number of anilines is 1. The van der Waals surface area contributed by atoms with Crippen molar-refractivity contribution >= 4 is 28.5 Å². The number of likely N-dealkylation sites (N-methyl/N-ethyl adjacent to an activating group) is 1. The number of amides is 1. The lowest BCUT2D eigenvalue weighted by Crippen LogP contribution is -2.44. The molecular formula is C36H41N3O6. The quantitative estimate of drug-likeness (QED) is 0.149. The van der Waals surface area contributed by atoms with Crippen LogP contribution < -0.4 is 19.5 Å². The highest BCUT2D eigenvalue weighted by Crippen LogP contribution is 2.37. The standard InChI is InChI=1S/C36H41N3O6/c1-4-39(5-2)31(36(41)45-27-13-9-10-14-27)20-22-43-34-24-30-29(23-33(34)42-3)32(19-21-37-30)44-28-17-15-26(16-18-28)38-35(40)25-11-7-6-8-12-25/h6-8,11-12,15-19,21,23-24,27,31H,4-5,9-10,13-14,20,22H2,1-3H3,(H,38,40). The molecule has 0 bridgehead atoms. The predicted octanol–water partition coefficient (Wildman–Crippen LogP) is 7.25. The molecule has 1 amide bonds. The second kappa shape index (κ2) is 15.4. The van der Waals surface area contributed by atoms with Gasteiger partial charge in [-0.1, -0.05) is 32.0 Å². The van der Waals surface area contributed by atoms with E-state index in [1.165, 1.54) is 0 Å². The van der Waals surface area contributed by atoms with Crippen LogP contribution in [-0.2, 0) is 9.53 Å². The largest absolute Gasteiger partial charge is 0.493 e. The van der Waals surface area contributed by atoms with Crippen molar-refractivity contribution in [3.05, 3.63) is 84.6 Å². The molecular weight excluding hydrogens is 570 g/mol. The molecule has 1 heterocycles. The van der Waals surface area contributed by atoms with Crippen LogP contribution in [0.3, 0.4) is 0 Å². The van der Waals surface area contributed by atoms with Gasteiger partial charge in [0.15, 0.2) is 11.5 Å². The molecule has 1 N–H and O–H groups in total. The molecule has 45 heavy (non-hydrogen) atoms. The first-order valence-electron chi connectivity index (χ1n) is 15.7. The average molecular weight is 612 g/mol. The minimum absolute atomic E-state index is 0.0259. The van der Waals surface area contributed by atoms with Crippen LogP contribution in [0.5, 0.6) is 23.0 Å². The van der Waals surface area contributed by atoms with Gasteiger partial charge in [-0.3, -0.25) is 19.5 Å². The fourth-order valence-electron chi connectivity index (χ4n) is 5.66. The summed E-state index contributed by atoms with van der Waals surface area (Å²) in [4.78, 5) is 32.3. The van der Waals surface area contributed by atoms with Crippen LogP contribution in [0.15, 0.2) is 79.0 Å². The summed E-state index contributed by atoms with van der Waals surface area (Å²) in [7, 11) is 1.59. The number of fused-ring (bicyclic) bond motifs is 1. The third-order valence-electron chi connectivity index (χ3n) is 8.12. The maximum atomic E-state index is 13.1. The predicted molar refractivity (Wildman–Crippen MR) is 174 cm³/mol. The first-order chi connectivity index (χ1) is 22.0. The van der Waals surface area contributed by atoms with Gasteiger partial charge in [-0.05, 0) is 87.3 Å². The van der Waals surface area contributed by atoms with E-state index in [0.717, 1.165) is 44.2 Å². The number of hydrogen-bond donors (Lipinski definition) is 1. The van der Waals surface area contributed by atoms with E-state index in [2.05, 4.69) is 29.0 Å². The summed E-state index contributed by atoms with van der Waals surface area (Å²) in [6.45, 7) is 5.91. The van der Waals surface area contributed by atoms with E-state index >= 15 is 0 Å². The molecule has 1 fully saturated rings. The van der Waals surface area contributed by atoms with Crippen molar-refractivity contribution < 1.29 is 28.5 Å². The molecule has 5 rings (SSSR count). The summed E-state index contributed by atoms with van der Waals surface area (Å²) in [6, 6.07) is 21.3. The van der Waals surface area contributed by atoms with E-state index in [9.17, 15) is 9.59 Å². The zero-order valence-corrected chi connectivity index (χ0v) is 26.2. The molecule has 9 heteroatoms. The molecule has 9 nitrogen and oxygen atoms in total. The van der Waals surface area contributed by atoms with E-state index < -0.39 is 0 Å². The van der Waals surface area contributed by atoms with Gasteiger partial charge in [0.2, 0.25) is 0 Å². The topological polar surface area (TPSA) is 99.2 Å². The molecule has 1 saturated carbocycles. The molecule has 0 spiro atoms. The fourth-order valence-corrected chi connectivity index (χ4v) is 5.66. The van der Waals surface area contributed by atoms with Gasteiger partial charge < -0.3 is 24.3 Å². The number of hydrogen-bond acceptors (Lipinski definition) is 8. The third-order valence-corrected chi connectivity index (χ3v) is 8.12. The number of pyridine rings is 1.